The number of carboxylic acids is 1. The van der Waals surface area contributed by atoms with E-state index < -0.39 is 16.2 Å². The largest absolute Gasteiger partial charge is 0.481 e. The molecule has 0 saturated carbocycles. The molecule has 0 bridgehead atoms. The van der Waals surface area contributed by atoms with Crippen molar-refractivity contribution in [3.63, 3.8) is 0 Å². The van der Waals surface area contributed by atoms with Crippen molar-refractivity contribution in [2.45, 2.75) is 26.2 Å². The maximum atomic E-state index is 11.6. The van der Waals surface area contributed by atoms with Crippen molar-refractivity contribution < 1.29 is 23.4 Å². The maximum Gasteiger partial charge on any atom is 0.304 e. The Morgan fingerprint density at radius 3 is 2.56 bits per heavy atom. The van der Waals surface area contributed by atoms with Gasteiger partial charge in [-0.1, -0.05) is 6.92 Å². The molecule has 108 valence electrons. The average Bonchev–Trinajstić information content (AvgIpc) is 2.30. The molecule has 8 heteroatoms. The van der Waals surface area contributed by atoms with E-state index in [-0.39, 0.29) is 32.0 Å². The lowest BCUT2D eigenvalue weighted by molar-refractivity contribution is -0.137. The molecule has 7 nitrogen and oxygen atoms in total. The number of aliphatic hydroxyl groups excluding tert-OH is 1. The molecule has 0 rings (SSSR count). The Hall–Kier alpha value is -0.700. The summed E-state index contributed by atoms with van der Waals surface area (Å²) < 4.78 is 26.6. The molecule has 1 unspecified atom stereocenters. The summed E-state index contributed by atoms with van der Waals surface area (Å²) in [5.74, 6) is -0.881. The smallest absolute Gasteiger partial charge is 0.304 e. The van der Waals surface area contributed by atoms with E-state index >= 15 is 0 Å². The molecule has 0 aromatic carbocycles. The van der Waals surface area contributed by atoms with Gasteiger partial charge in [-0.25, -0.2) is 4.72 Å². The predicted molar refractivity (Wildman–Crippen MR) is 67.3 cm³/mol. The van der Waals surface area contributed by atoms with Crippen LogP contribution in [0.5, 0.6) is 0 Å². The van der Waals surface area contributed by atoms with E-state index in [0.29, 0.717) is 6.42 Å². The maximum absolute atomic E-state index is 11.6. The lowest BCUT2D eigenvalue weighted by atomic mass is 10.1. The molecule has 0 heterocycles. The number of carboxylic acid groups (broad SMARTS) is 1. The fourth-order valence-corrected chi connectivity index (χ4v) is 2.18. The summed E-state index contributed by atoms with van der Waals surface area (Å²) in [5.41, 5.74) is 0. The minimum absolute atomic E-state index is 0.0578. The van der Waals surface area contributed by atoms with Crippen LogP contribution in [0.15, 0.2) is 0 Å². The van der Waals surface area contributed by atoms with Crippen molar-refractivity contribution in [1.82, 2.24) is 9.03 Å². The molecule has 0 spiro atoms. The highest BCUT2D eigenvalue weighted by Crippen LogP contribution is 2.03. The summed E-state index contributed by atoms with van der Waals surface area (Å²) in [5, 5.41) is 17.3. The number of aliphatic hydroxyl groups is 1. The first kappa shape index (κ1) is 17.3. The Morgan fingerprint density at radius 1 is 1.44 bits per heavy atom. The van der Waals surface area contributed by atoms with E-state index in [9.17, 15) is 13.2 Å². The molecule has 18 heavy (non-hydrogen) atoms. The van der Waals surface area contributed by atoms with Crippen molar-refractivity contribution in [3.8, 4) is 0 Å². The zero-order valence-corrected chi connectivity index (χ0v) is 11.6. The van der Waals surface area contributed by atoms with E-state index in [4.69, 9.17) is 10.2 Å². The second-order valence-electron chi connectivity index (χ2n) is 4.29. The Balaban J connectivity index is 3.96. The number of carbonyl (C=O) groups is 1. The number of rotatable bonds is 10. The zero-order chi connectivity index (χ0) is 14.2. The van der Waals surface area contributed by atoms with E-state index in [2.05, 4.69) is 4.72 Å². The van der Waals surface area contributed by atoms with Crippen LogP contribution in [0.2, 0.25) is 0 Å². The second kappa shape index (κ2) is 8.41. The standard InChI is InChI=1S/C10H22N2O5S/c1-9(8-13)4-3-6-11-18(16,17)12(2)7-5-10(14)15/h9,11,13H,3-8H2,1-2H3,(H,14,15). The molecule has 3 N–H and O–H groups in total. The molecule has 0 amide bonds. The Bertz CT molecular complexity index is 344. The van der Waals surface area contributed by atoms with Crippen LogP contribution >= 0.6 is 0 Å². The van der Waals surface area contributed by atoms with Crippen LogP contribution < -0.4 is 4.72 Å². The number of nitrogens with one attached hydrogen (secondary N) is 1. The molecule has 0 aromatic heterocycles. The Kier molecular flexibility index (Phi) is 8.08. The summed E-state index contributed by atoms with van der Waals surface area (Å²) >= 11 is 0. The van der Waals surface area contributed by atoms with Crippen molar-refractivity contribution >= 4 is 16.2 Å². The third-order valence-corrected chi connectivity index (χ3v) is 4.09. The van der Waals surface area contributed by atoms with Crippen LogP contribution in [0.25, 0.3) is 0 Å². The van der Waals surface area contributed by atoms with Crippen molar-refractivity contribution in [2.75, 3.05) is 26.7 Å². The summed E-state index contributed by atoms with van der Waals surface area (Å²) in [7, 11) is -2.27. The van der Waals surface area contributed by atoms with Crippen LogP contribution in [0.1, 0.15) is 26.2 Å². The van der Waals surface area contributed by atoms with Gasteiger partial charge in [0, 0.05) is 26.7 Å². The van der Waals surface area contributed by atoms with E-state index in [1.165, 1.54) is 7.05 Å². The SMILES string of the molecule is CC(CO)CCCNS(=O)(=O)N(C)CCC(=O)O. The summed E-state index contributed by atoms with van der Waals surface area (Å²) in [6.45, 7) is 2.19. The van der Waals surface area contributed by atoms with Gasteiger partial charge in [-0.3, -0.25) is 4.79 Å². The first-order valence-electron chi connectivity index (χ1n) is 5.83. The average molecular weight is 282 g/mol. The topological polar surface area (TPSA) is 107 Å². The molecule has 0 radical (unpaired) electrons. The fourth-order valence-electron chi connectivity index (χ4n) is 1.23. The highest BCUT2D eigenvalue weighted by atomic mass is 32.2. The van der Waals surface area contributed by atoms with Crippen molar-refractivity contribution in [1.29, 1.82) is 0 Å². The molecule has 0 aliphatic rings. The van der Waals surface area contributed by atoms with Gasteiger partial charge in [-0.2, -0.15) is 12.7 Å². The van der Waals surface area contributed by atoms with E-state index in [0.717, 1.165) is 10.7 Å². The van der Waals surface area contributed by atoms with Crippen LogP contribution in [0.3, 0.4) is 0 Å². The van der Waals surface area contributed by atoms with Gasteiger partial charge < -0.3 is 10.2 Å². The van der Waals surface area contributed by atoms with Crippen LogP contribution in [-0.4, -0.2) is 55.6 Å². The van der Waals surface area contributed by atoms with Gasteiger partial charge in [-0.15, -0.1) is 0 Å². The third kappa shape index (κ3) is 7.59. The van der Waals surface area contributed by atoms with Gasteiger partial charge in [0.1, 0.15) is 0 Å². The quantitative estimate of drug-likeness (QED) is 0.474. The van der Waals surface area contributed by atoms with Crippen LogP contribution in [0, 0.1) is 5.92 Å². The van der Waals surface area contributed by atoms with Crippen molar-refractivity contribution in [3.05, 3.63) is 0 Å². The predicted octanol–water partition coefficient (Wildman–Crippen LogP) is -0.364. The van der Waals surface area contributed by atoms with Gasteiger partial charge in [-0.05, 0) is 18.8 Å². The fraction of sp³-hybridized carbons (Fsp3) is 0.900. The molecular formula is C10H22N2O5S. The van der Waals surface area contributed by atoms with E-state index in [1.54, 1.807) is 0 Å². The number of aliphatic carboxylic acids is 1. The number of nitrogens with zero attached hydrogens (tertiary/aromatic N) is 1. The van der Waals surface area contributed by atoms with Gasteiger partial charge in [0.05, 0.1) is 6.42 Å². The molecule has 0 saturated heterocycles. The van der Waals surface area contributed by atoms with Crippen molar-refractivity contribution in [2.24, 2.45) is 5.92 Å². The lowest BCUT2D eigenvalue weighted by Gasteiger charge is -2.17. The summed E-state index contributed by atoms with van der Waals surface area (Å²) in [6.07, 6.45) is 1.14. The molecular weight excluding hydrogens is 260 g/mol. The third-order valence-electron chi connectivity index (χ3n) is 2.52. The normalized spacial score (nSPS) is 13.8. The molecule has 0 aliphatic carbocycles. The second-order valence-corrected chi connectivity index (χ2v) is 6.16. The minimum Gasteiger partial charge on any atom is -0.481 e. The summed E-state index contributed by atoms with van der Waals surface area (Å²) in [4.78, 5) is 10.3. The van der Waals surface area contributed by atoms with Gasteiger partial charge in [0.25, 0.3) is 10.2 Å². The minimum atomic E-state index is -3.60. The van der Waals surface area contributed by atoms with Crippen LogP contribution in [-0.2, 0) is 15.0 Å². The molecule has 0 aliphatic heterocycles. The van der Waals surface area contributed by atoms with Gasteiger partial charge >= 0.3 is 5.97 Å². The lowest BCUT2D eigenvalue weighted by Crippen LogP contribution is -2.39. The first-order chi connectivity index (χ1) is 8.29. The number of hydrogen-bond acceptors (Lipinski definition) is 4. The Morgan fingerprint density at radius 2 is 2.06 bits per heavy atom. The van der Waals surface area contributed by atoms with Gasteiger partial charge in [0.15, 0.2) is 0 Å². The monoisotopic (exact) mass is 282 g/mol. The van der Waals surface area contributed by atoms with Gasteiger partial charge in [0.2, 0.25) is 0 Å². The highest BCUT2D eigenvalue weighted by molar-refractivity contribution is 7.87. The molecule has 0 fully saturated rings. The van der Waals surface area contributed by atoms with Crippen LogP contribution in [0.4, 0.5) is 0 Å². The summed E-state index contributed by atoms with van der Waals surface area (Å²) in [6, 6.07) is 0. The molecule has 0 aromatic rings. The zero-order valence-electron chi connectivity index (χ0n) is 10.8. The Labute approximate surface area is 108 Å². The highest BCUT2D eigenvalue weighted by Gasteiger charge is 2.17. The first-order valence-corrected chi connectivity index (χ1v) is 7.27. The number of hydrogen-bond donors (Lipinski definition) is 3. The molecule has 1 atom stereocenters. The van der Waals surface area contributed by atoms with E-state index in [1.807, 2.05) is 6.92 Å².